The zero-order valence-corrected chi connectivity index (χ0v) is 15.7. The number of nitrogens with zero attached hydrogens (tertiary/aromatic N) is 2. The van der Waals surface area contributed by atoms with Crippen molar-refractivity contribution in [2.75, 3.05) is 32.8 Å². The Hall–Kier alpha value is -1.07. The Labute approximate surface area is 149 Å². The van der Waals surface area contributed by atoms with Crippen molar-refractivity contribution in [1.29, 1.82) is 0 Å². The van der Waals surface area contributed by atoms with Crippen LogP contribution in [0.3, 0.4) is 0 Å². The first-order valence-electron chi connectivity index (χ1n) is 9.51. The highest BCUT2D eigenvalue weighted by molar-refractivity contribution is 7.14. The summed E-state index contributed by atoms with van der Waals surface area (Å²) in [5.41, 5.74) is 1.29. The van der Waals surface area contributed by atoms with E-state index in [0.29, 0.717) is 12.3 Å². The summed E-state index contributed by atoms with van der Waals surface area (Å²) in [5, 5.41) is 1.03. The van der Waals surface area contributed by atoms with Gasteiger partial charge in [-0.05, 0) is 56.8 Å². The third-order valence-electron chi connectivity index (χ3n) is 4.97. The molecule has 0 radical (unpaired) electrons. The maximum atomic E-state index is 12.1. The molecule has 24 heavy (non-hydrogen) atoms. The summed E-state index contributed by atoms with van der Waals surface area (Å²) in [6.45, 7) is 8.17. The van der Waals surface area contributed by atoms with E-state index in [4.69, 9.17) is 4.74 Å². The highest BCUT2D eigenvalue weighted by atomic mass is 32.1. The summed E-state index contributed by atoms with van der Waals surface area (Å²) in [6, 6.07) is 2.16. The number of carbonyl (C=O) groups excluding carboxylic acids is 1. The molecule has 2 aliphatic rings. The molecule has 0 atom stereocenters. The van der Waals surface area contributed by atoms with Crippen LogP contribution in [0.1, 0.15) is 55.9 Å². The third-order valence-corrected chi connectivity index (χ3v) is 6.12. The average molecular weight is 351 g/mol. The molecule has 4 nitrogen and oxygen atoms in total. The maximum Gasteiger partial charge on any atom is 0.222 e. The van der Waals surface area contributed by atoms with Gasteiger partial charge < -0.3 is 14.5 Å². The molecule has 1 amide bonds. The van der Waals surface area contributed by atoms with Crippen molar-refractivity contribution < 1.29 is 9.53 Å². The molecule has 3 heterocycles. The van der Waals surface area contributed by atoms with Crippen molar-refractivity contribution in [3.8, 4) is 5.06 Å². The molecule has 2 aliphatic heterocycles. The van der Waals surface area contributed by atoms with Crippen molar-refractivity contribution in [2.45, 2.75) is 58.4 Å². The number of rotatable bonds is 7. The quantitative estimate of drug-likeness (QED) is 0.703. The Morgan fingerprint density at radius 1 is 1.25 bits per heavy atom. The van der Waals surface area contributed by atoms with E-state index < -0.39 is 0 Å². The molecule has 1 saturated heterocycles. The number of ether oxygens (including phenoxy) is 1. The van der Waals surface area contributed by atoms with Crippen molar-refractivity contribution in [3.05, 3.63) is 16.5 Å². The number of thiophene rings is 1. The molecule has 0 saturated carbocycles. The molecule has 3 rings (SSSR count). The summed E-state index contributed by atoms with van der Waals surface area (Å²) in [7, 11) is 0. The summed E-state index contributed by atoms with van der Waals surface area (Å²) >= 11 is 1.77. The largest absolute Gasteiger partial charge is 0.484 e. The lowest BCUT2D eigenvalue weighted by Crippen LogP contribution is -2.35. The maximum absolute atomic E-state index is 12.1. The number of hydrogen-bond acceptors (Lipinski definition) is 4. The van der Waals surface area contributed by atoms with Gasteiger partial charge in [0, 0.05) is 30.9 Å². The van der Waals surface area contributed by atoms with Crippen molar-refractivity contribution in [3.63, 3.8) is 0 Å². The Morgan fingerprint density at radius 2 is 2.08 bits per heavy atom. The van der Waals surface area contributed by atoms with Crippen LogP contribution in [0.4, 0.5) is 0 Å². The van der Waals surface area contributed by atoms with Crippen molar-refractivity contribution >= 4 is 17.2 Å². The van der Waals surface area contributed by atoms with E-state index in [0.717, 1.165) is 50.6 Å². The number of carbonyl (C=O) groups is 1. The molecule has 0 bridgehead atoms. The topological polar surface area (TPSA) is 32.8 Å². The first-order valence-corrected chi connectivity index (χ1v) is 10.3. The SMILES string of the molecule is CCCC(=O)N1CCc2sc(OCCCN3CCCCC3)cc2C1. The number of amides is 1. The minimum atomic E-state index is 0.290. The summed E-state index contributed by atoms with van der Waals surface area (Å²) in [6.07, 6.45) is 7.77. The van der Waals surface area contributed by atoms with Crippen LogP contribution in [0, 0.1) is 0 Å². The van der Waals surface area contributed by atoms with Crippen LogP contribution >= 0.6 is 11.3 Å². The molecule has 0 aromatic carbocycles. The first kappa shape index (κ1) is 17.7. The fourth-order valence-corrected chi connectivity index (χ4v) is 4.64. The minimum absolute atomic E-state index is 0.290. The number of hydrogen-bond donors (Lipinski definition) is 0. The van der Waals surface area contributed by atoms with Gasteiger partial charge in [0.05, 0.1) is 6.61 Å². The Morgan fingerprint density at radius 3 is 2.88 bits per heavy atom. The zero-order valence-electron chi connectivity index (χ0n) is 14.9. The van der Waals surface area contributed by atoms with Crippen LogP contribution in [0.15, 0.2) is 6.07 Å². The van der Waals surface area contributed by atoms with Gasteiger partial charge in [-0.1, -0.05) is 13.3 Å². The smallest absolute Gasteiger partial charge is 0.222 e. The van der Waals surface area contributed by atoms with Gasteiger partial charge in [-0.25, -0.2) is 0 Å². The molecule has 0 aliphatic carbocycles. The van der Waals surface area contributed by atoms with E-state index in [1.54, 1.807) is 11.3 Å². The van der Waals surface area contributed by atoms with Gasteiger partial charge in [0.1, 0.15) is 0 Å². The van der Waals surface area contributed by atoms with Crippen LogP contribution in [0.5, 0.6) is 5.06 Å². The minimum Gasteiger partial charge on any atom is -0.484 e. The van der Waals surface area contributed by atoms with E-state index >= 15 is 0 Å². The molecule has 134 valence electrons. The molecule has 1 aromatic heterocycles. The Balaban J connectivity index is 1.43. The monoisotopic (exact) mass is 350 g/mol. The first-order chi connectivity index (χ1) is 11.8. The Kier molecular flexibility index (Phi) is 6.55. The number of fused-ring (bicyclic) bond motifs is 1. The van der Waals surface area contributed by atoms with Gasteiger partial charge in [-0.2, -0.15) is 0 Å². The molecule has 0 spiro atoms. The van der Waals surface area contributed by atoms with Crippen molar-refractivity contribution in [2.24, 2.45) is 0 Å². The zero-order chi connectivity index (χ0) is 16.8. The summed E-state index contributed by atoms with van der Waals surface area (Å²) < 4.78 is 5.98. The van der Waals surface area contributed by atoms with E-state index in [1.165, 1.54) is 42.8 Å². The molecular formula is C19H30N2O2S. The van der Waals surface area contributed by atoms with Gasteiger partial charge >= 0.3 is 0 Å². The molecule has 0 N–H and O–H groups in total. The van der Waals surface area contributed by atoms with Gasteiger partial charge in [-0.15, -0.1) is 11.3 Å². The third kappa shape index (κ3) is 4.73. The number of likely N-dealkylation sites (tertiary alicyclic amines) is 1. The van der Waals surface area contributed by atoms with E-state index in [1.807, 2.05) is 4.90 Å². The highest BCUT2D eigenvalue weighted by Gasteiger charge is 2.22. The summed E-state index contributed by atoms with van der Waals surface area (Å²) in [5.74, 6) is 0.290. The van der Waals surface area contributed by atoms with Crippen LogP contribution in [-0.4, -0.2) is 48.5 Å². The normalized spacial score (nSPS) is 18.5. The van der Waals surface area contributed by atoms with Crippen molar-refractivity contribution in [1.82, 2.24) is 9.80 Å². The predicted molar refractivity (Wildman–Crippen MR) is 98.8 cm³/mol. The van der Waals surface area contributed by atoms with Gasteiger partial charge in [0.15, 0.2) is 5.06 Å². The van der Waals surface area contributed by atoms with E-state index in [2.05, 4.69) is 17.9 Å². The second kappa shape index (κ2) is 8.86. The van der Waals surface area contributed by atoms with Crippen LogP contribution in [0.25, 0.3) is 0 Å². The molecular weight excluding hydrogens is 320 g/mol. The predicted octanol–water partition coefficient (Wildman–Crippen LogP) is 3.69. The molecule has 5 heteroatoms. The van der Waals surface area contributed by atoms with Gasteiger partial charge in [0.2, 0.25) is 5.91 Å². The summed E-state index contributed by atoms with van der Waals surface area (Å²) in [4.78, 5) is 18.0. The average Bonchev–Trinajstić information content (AvgIpc) is 3.02. The van der Waals surface area contributed by atoms with E-state index in [9.17, 15) is 4.79 Å². The standard InChI is InChI=1S/C19H30N2O2S/c1-2-7-18(22)21-12-8-17-16(15-21)14-19(24-17)23-13-6-11-20-9-4-3-5-10-20/h14H,2-13,15H2,1H3. The molecule has 0 unspecified atom stereocenters. The lowest BCUT2D eigenvalue weighted by Gasteiger charge is -2.26. The fourth-order valence-electron chi connectivity index (χ4n) is 3.61. The highest BCUT2D eigenvalue weighted by Crippen LogP contribution is 2.33. The Bertz CT molecular complexity index is 537. The second-order valence-electron chi connectivity index (χ2n) is 6.93. The lowest BCUT2D eigenvalue weighted by atomic mass is 10.1. The van der Waals surface area contributed by atoms with Crippen LogP contribution < -0.4 is 4.74 Å². The van der Waals surface area contributed by atoms with E-state index in [-0.39, 0.29) is 0 Å². The molecule has 1 aromatic rings. The number of piperidine rings is 1. The fraction of sp³-hybridized carbons (Fsp3) is 0.737. The van der Waals surface area contributed by atoms with Crippen LogP contribution in [0.2, 0.25) is 0 Å². The van der Waals surface area contributed by atoms with Gasteiger partial charge in [0.25, 0.3) is 0 Å². The molecule has 1 fully saturated rings. The second-order valence-corrected chi connectivity index (χ2v) is 8.03. The van der Waals surface area contributed by atoms with Gasteiger partial charge in [-0.3, -0.25) is 4.79 Å². The van der Waals surface area contributed by atoms with Crippen LogP contribution in [-0.2, 0) is 17.8 Å². The lowest BCUT2D eigenvalue weighted by molar-refractivity contribution is -0.132.